The van der Waals surface area contributed by atoms with Crippen molar-refractivity contribution in [3.63, 3.8) is 0 Å². The number of alkyl carbamates (subject to hydrolysis) is 1. The highest BCUT2D eigenvalue weighted by Gasteiger charge is 2.44. The number of likely N-dealkylation sites (tertiary alicyclic amines) is 2. The van der Waals surface area contributed by atoms with Crippen LogP contribution in [0.25, 0.3) is 44.4 Å². The van der Waals surface area contributed by atoms with Crippen molar-refractivity contribution in [2.75, 3.05) is 14.2 Å². The molecule has 2 aliphatic heterocycles. The Labute approximate surface area is 371 Å². The van der Waals surface area contributed by atoms with Gasteiger partial charge in [0.1, 0.15) is 23.7 Å². The number of carbonyl (C=O) groups is 4. The molecule has 0 aliphatic carbocycles. The van der Waals surface area contributed by atoms with Crippen molar-refractivity contribution in [2.45, 2.75) is 103 Å². The highest BCUT2D eigenvalue weighted by molar-refractivity contribution is 6.32. The fourth-order valence-corrected chi connectivity index (χ4v) is 9.62. The number of likely N-dealkylation sites (N-methyl/N-ethyl adjacent to an activating group) is 1. The largest absolute Gasteiger partial charge is 0.465 e. The number of benzene rings is 3. The Bertz CT molecular complexity index is 2480. The summed E-state index contributed by atoms with van der Waals surface area (Å²) in [6, 6.07) is 18.0. The molecule has 4 amide bonds. The Kier molecular flexibility index (Phi) is 12.9. The van der Waals surface area contributed by atoms with Crippen LogP contribution < -0.4 is 5.32 Å². The van der Waals surface area contributed by atoms with Crippen molar-refractivity contribution in [3.05, 3.63) is 82.6 Å². The Morgan fingerprint density at radius 1 is 0.726 bits per heavy atom. The van der Waals surface area contributed by atoms with Crippen LogP contribution in [-0.4, -0.2) is 102 Å². The molecule has 3 aromatic carbocycles. The van der Waals surface area contributed by atoms with Crippen LogP contribution in [0.15, 0.2) is 60.7 Å². The van der Waals surface area contributed by atoms with Crippen LogP contribution >= 0.6 is 23.2 Å². The third-order valence-corrected chi connectivity index (χ3v) is 13.0. The van der Waals surface area contributed by atoms with E-state index in [1.54, 1.807) is 9.80 Å². The Balaban J connectivity index is 1.08. The summed E-state index contributed by atoms with van der Waals surface area (Å²) in [4.78, 5) is 72.5. The molecule has 2 aromatic heterocycles. The van der Waals surface area contributed by atoms with Gasteiger partial charge < -0.3 is 34.9 Å². The molecule has 2 fully saturated rings. The minimum atomic E-state index is -1.15. The summed E-state index contributed by atoms with van der Waals surface area (Å²) in [5.74, 6) is 0.365. The molecular formula is C46H54Cl2N8O6. The van der Waals surface area contributed by atoms with Gasteiger partial charge in [0.2, 0.25) is 11.8 Å². The number of nitrogens with zero attached hydrogens (tertiary/aromatic N) is 5. The Morgan fingerprint density at radius 3 is 1.69 bits per heavy atom. The van der Waals surface area contributed by atoms with Crippen LogP contribution in [0.3, 0.4) is 0 Å². The number of aromatic nitrogens is 4. The van der Waals surface area contributed by atoms with E-state index in [2.05, 4.69) is 44.5 Å². The minimum absolute atomic E-state index is 0.0574. The summed E-state index contributed by atoms with van der Waals surface area (Å²) in [6.07, 6.45) is 1.11. The summed E-state index contributed by atoms with van der Waals surface area (Å²) >= 11 is 13.5. The summed E-state index contributed by atoms with van der Waals surface area (Å²) in [5, 5.41) is 15.0. The van der Waals surface area contributed by atoms with Crippen LogP contribution in [0.4, 0.5) is 9.59 Å². The third kappa shape index (κ3) is 8.59. The van der Waals surface area contributed by atoms with Crippen LogP contribution in [-0.2, 0) is 14.3 Å². The molecule has 2 saturated heterocycles. The summed E-state index contributed by atoms with van der Waals surface area (Å²) < 4.78 is 4.79. The van der Waals surface area contributed by atoms with Crippen molar-refractivity contribution in [2.24, 2.45) is 11.8 Å². The molecular weight excluding hydrogens is 831 g/mol. The number of ether oxygens (including phenoxy) is 1. The number of aromatic amines is 2. The lowest BCUT2D eigenvalue weighted by atomic mass is 9.98. The second-order valence-electron chi connectivity index (χ2n) is 17.2. The van der Waals surface area contributed by atoms with Crippen LogP contribution in [0, 0.1) is 11.8 Å². The van der Waals surface area contributed by atoms with E-state index in [4.69, 9.17) is 32.9 Å². The van der Waals surface area contributed by atoms with E-state index >= 15 is 0 Å². The fraction of sp³-hybridized carbons (Fsp3) is 0.435. The molecule has 4 heterocycles. The lowest BCUT2D eigenvalue weighted by Gasteiger charge is -2.36. The average molecular weight is 886 g/mol. The van der Waals surface area contributed by atoms with E-state index < -0.39 is 24.3 Å². The van der Waals surface area contributed by atoms with E-state index in [0.29, 0.717) is 46.2 Å². The first-order valence-corrected chi connectivity index (χ1v) is 21.8. The highest BCUT2D eigenvalue weighted by atomic mass is 35.5. The van der Waals surface area contributed by atoms with Crippen LogP contribution in [0.2, 0.25) is 10.3 Å². The van der Waals surface area contributed by atoms with E-state index in [1.807, 2.05) is 77.9 Å². The zero-order valence-electron chi connectivity index (χ0n) is 36.2. The van der Waals surface area contributed by atoms with Gasteiger partial charge in [0.25, 0.3) is 0 Å². The second kappa shape index (κ2) is 18.0. The highest BCUT2D eigenvalue weighted by Crippen LogP contribution is 2.41. The number of hydrogen-bond donors (Lipinski definition) is 4. The maximum absolute atomic E-state index is 13.9. The van der Waals surface area contributed by atoms with Gasteiger partial charge in [-0.05, 0) is 85.4 Å². The van der Waals surface area contributed by atoms with Crippen molar-refractivity contribution in [1.29, 1.82) is 0 Å². The zero-order chi connectivity index (χ0) is 44.7. The van der Waals surface area contributed by atoms with E-state index in [0.717, 1.165) is 50.8 Å². The standard InChI is InChI=1S/C46H54Cl2N8O6/c1-23(2)35(51-45(59)62-8)43(57)55-25(5)9-19-33(55)41-50-37(40(48)53-41)32-18-17-30-21-29(15-16-31(30)22-32)27-11-13-28(14-12-27)36-39(47)52-42(49-36)34-20-10-26(6)56(34)44(58)38(24(3)4)54(7)46(60)61/h11-18,21-26,33-35,38H,9-10,19-20H2,1-8H3,(H,49,52)(H,50,53)(H,51,59)(H,60,61)/t25?,26-,33?,34-,35-,38-/m0/s1. The monoisotopic (exact) mass is 884 g/mol. The van der Waals surface area contributed by atoms with Gasteiger partial charge in [0.05, 0.1) is 30.6 Å². The van der Waals surface area contributed by atoms with E-state index in [-0.39, 0.29) is 47.8 Å². The van der Waals surface area contributed by atoms with Gasteiger partial charge in [0, 0.05) is 30.3 Å². The number of amides is 4. The quantitative estimate of drug-likeness (QED) is 0.101. The number of imidazole rings is 2. The van der Waals surface area contributed by atoms with Crippen LogP contribution in [0.5, 0.6) is 0 Å². The van der Waals surface area contributed by atoms with Gasteiger partial charge in [-0.2, -0.15) is 0 Å². The molecule has 2 unspecified atom stereocenters. The molecule has 14 nitrogen and oxygen atoms in total. The van der Waals surface area contributed by atoms with Gasteiger partial charge in [-0.15, -0.1) is 0 Å². The lowest BCUT2D eigenvalue weighted by Crippen LogP contribution is -2.53. The van der Waals surface area contributed by atoms with Gasteiger partial charge in [0.15, 0.2) is 10.3 Å². The molecule has 6 atom stereocenters. The molecule has 7 rings (SSSR count). The molecule has 0 radical (unpaired) electrons. The number of fused-ring (bicyclic) bond motifs is 1. The van der Waals surface area contributed by atoms with Crippen molar-refractivity contribution in [1.82, 2.24) is 40.0 Å². The Morgan fingerprint density at radius 2 is 1.19 bits per heavy atom. The number of carboxylic acid groups (broad SMARTS) is 1. The number of halogens is 2. The van der Waals surface area contributed by atoms with Crippen molar-refractivity contribution in [3.8, 4) is 33.6 Å². The molecule has 4 N–H and O–H groups in total. The molecule has 0 bridgehead atoms. The molecule has 5 aromatic rings. The minimum Gasteiger partial charge on any atom is -0.465 e. The normalized spacial score (nSPS) is 19.9. The Hall–Kier alpha value is -5.60. The van der Waals surface area contributed by atoms with Gasteiger partial charge >= 0.3 is 12.2 Å². The van der Waals surface area contributed by atoms with E-state index in [9.17, 15) is 24.3 Å². The van der Waals surface area contributed by atoms with Gasteiger partial charge in [-0.25, -0.2) is 19.6 Å². The molecule has 0 saturated carbocycles. The van der Waals surface area contributed by atoms with Crippen molar-refractivity contribution < 1.29 is 29.0 Å². The number of carbonyl (C=O) groups excluding carboxylic acids is 3. The topological polar surface area (TPSA) is 177 Å². The number of hydrogen-bond acceptors (Lipinski definition) is 7. The smallest absolute Gasteiger partial charge is 0.407 e. The zero-order valence-corrected chi connectivity index (χ0v) is 37.7. The molecule has 62 heavy (non-hydrogen) atoms. The third-order valence-electron chi connectivity index (χ3n) is 12.5. The molecule has 16 heteroatoms. The maximum atomic E-state index is 13.9. The summed E-state index contributed by atoms with van der Waals surface area (Å²) in [5.41, 5.74) is 5.04. The van der Waals surface area contributed by atoms with Gasteiger partial charge in [-0.3, -0.25) is 14.5 Å². The molecule has 328 valence electrons. The average Bonchev–Trinajstić information content (AvgIpc) is 4.03. The maximum Gasteiger partial charge on any atom is 0.407 e. The second-order valence-corrected chi connectivity index (χ2v) is 18.0. The number of nitrogens with one attached hydrogen (secondary N) is 3. The molecule has 0 spiro atoms. The lowest BCUT2D eigenvalue weighted by molar-refractivity contribution is -0.140. The summed E-state index contributed by atoms with van der Waals surface area (Å²) in [7, 11) is 2.71. The summed E-state index contributed by atoms with van der Waals surface area (Å²) in [6.45, 7) is 11.4. The first-order valence-electron chi connectivity index (χ1n) is 21.1. The van der Waals surface area contributed by atoms with E-state index in [1.165, 1.54) is 14.2 Å². The molecule has 2 aliphatic rings. The number of rotatable bonds is 11. The van der Waals surface area contributed by atoms with Crippen LogP contribution in [0.1, 0.15) is 91.0 Å². The first-order chi connectivity index (χ1) is 29.5. The SMILES string of the molecule is COC(=O)N[C@H](C(=O)N1C(C)CCC1c1nc(Cl)c(-c2ccc3cc(-c4ccc(-c5[nH]c([C@@H]6CC[C@H](C)N6C(=O)[C@H](C(C)C)N(C)C(=O)O)nc5Cl)cc4)ccc3c2)[nH]1)C(C)C. The van der Waals surface area contributed by atoms with Crippen molar-refractivity contribution >= 4 is 58.0 Å². The number of methoxy groups -OCH3 is 1. The number of H-pyrrole nitrogens is 2. The predicted octanol–water partition coefficient (Wildman–Crippen LogP) is 9.71. The van der Waals surface area contributed by atoms with Gasteiger partial charge in [-0.1, -0.05) is 99.4 Å². The predicted molar refractivity (Wildman–Crippen MR) is 240 cm³/mol. The fourth-order valence-electron chi connectivity index (χ4n) is 9.12. The first kappa shape index (κ1) is 44.5.